The van der Waals surface area contributed by atoms with Gasteiger partial charge in [0.25, 0.3) is 0 Å². The van der Waals surface area contributed by atoms with E-state index in [9.17, 15) is 0 Å². The topological polar surface area (TPSA) is 24.9 Å². The minimum atomic E-state index is 0.701. The lowest BCUT2D eigenvalue weighted by Crippen LogP contribution is -2.32. The van der Waals surface area contributed by atoms with Crippen molar-refractivity contribution in [2.24, 2.45) is 11.8 Å². The second-order valence-corrected chi connectivity index (χ2v) is 6.44. The van der Waals surface area contributed by atoms with Crippen molar-refractivity contribution in [3.8, 4) is 0 Å². The van der Waals surface area contributed by atoms with E-state index in [0.717, 1.165) is 24.9 Å². The van der Waals surface area contributed by atoms with Crippen LogP contribution in [0, 0.1) is 18.8 Å². The number of aromatic nitrogens is 1. The van der Waals surface area contributed by atoms with E-state index in [-0.39, 0.29) is 0 Å². The van der Waals surface area contributed by atoms with Gasteiger partial charge in [0.05, 0.1) is 0 Å². The molecule has 1 saturated carbocycles. The van der Waals surface area contributed by atoms with Crippen molar-refractivity contribution in [3.05, 3.63) is 29.6 Å². The molecule has 0 aliphatic heterocycles. The van der Waals surface area contributed by atoms with Gasteiger partial charge in [-0.15, -0.1) is 0 Å². The van der Waals surface area contributed by atoms with Gasteiger partial charge in [0, 0.05) is 12.4 Å². The summed E-state index contributed by atoms with van der Waals surface area (Å²) in [6.45, 7) is 8.91. The molecule has 2 rings (SSSR count). The summed E-state index contributed by atoms with van der Waals surface area (Å²) < 4.78 is 0. The van der Waals surface area contributed by atoms with Crippen molar-refractivity contribution in [2.45, 2.75) is 58.8 Å². The van der Waals surface area contributed by atoms with Crippen molar-refractivity contribution < 1.29 is 0 Å². The summed E-state index contributed by atoms with van der Waals surface area (Å²) >= 11 is 0. The maximum absolute atomic E-state index is 4.42. The smallest absolute Gasteiger partial charge is 0.0303 e. The zero-order valence-electron chi connectivity index (χ0n) is 13.4. The lowest BCUT2D eigenvalue weighted by atomic mass is 9.70. The normalized spacial score (nSPS) is 26.6. The second-order valence-electron chi connectivity index (χ2n) is 6.44. The van der Waals surface area contributed by atoms with E-state index in [4.69, 9.17) is 0 Å². The predicted molar refractivity (Wildman–Crippen MR) is 86.0 cm³/mol. The number of pyridine rings is 1. The second kappa shape index (κ2) is 7.78. The van der Waals surface area contributed by atoms with Crippen LogP contribution in [0.1, 0.15) is 63.0 Å². The van der Waals surface area contributed by atoms with Crippen LogP contribution in [-0.4, -0.2) is 18.1 Å². The molecule has 1 aliphatic rings. The lowest BCUT2D eigenvalue weighted by Gasteiger charge is -2.36. The Hall–Kier alpha value is -0.890. The average Bonchev–Trinajstić information content (AvgIpc) is 2.46. The molecular weight excluding hydrogens is 244 g/mol. The number of hydrogen-bond donors (Lipinski definition) is 1. The molecule has 20 heavy (non-hydrogen) atoms. The summed E-state index contributed by atoms with van der Waals surface area (Å²) in [7, 11) is 0. The molecule has 1 heterocycles. The van der Waals surface area contributed by atoms with Gasteiger partial charge >= 0.3 is 0 Å². The molecule has 2 heteroatoms. The van der Waals surface area contributed by atoms with Gasteiger partial charge in [-0.25, -0.2) is 0 Å². The maximum Gasteiger partial charge on any atom is 0.0303 e. The third-order valence-electron chi connectivity index (χ3n) is 4.78. The van der Waals surface area contributed by atoms with Gasteiger partial charge in [-0.05, 0) is 61.7 Å². The molecule has 112 valence electrons. The zero-order chi connectivity index (χ0) is 14.4. The fraction of sp³-hybridized carbons (Fsp3) is 0.722. The summed E-state index contributed by atoms with van der Waals surface area (Å²) in [4.78, 5) is 4.42. The molecule has 1 fully saturated rings. The Balaban J connectivity index is 2.12. The first-order valence-corrected chi connectivity index (χ1v) is 8.36. The quantitative estimate of drug-likeness (QED) is 0.836. The van der Waals surface area contributed by atoms with Gasteiger partial charge < -0.3 is 5.32 Å². The fourth-order valence-corrected chi connectivity index (χ4v) is 3.75. The molecule has 0 bridgehead atoms. The Bertz CT molecular complexity index is 402. The monoisotopic (exact) mass is 274 g/mol. The molecule has 0 amide bonds. The van der Waals surface area contributed by atoms with Gasteiger partial charge in [-0.1, -0.05) is 39.2 Å². The summed E-state index contributed by atoms with van der Waals surface area (Å²) in [5, 5.41) is 3.56. The molecule has 0 spiro atoms. The van der Waals surface area contributed by atoms with E-state index in [1.165, 1.54) is 43.2 Å². The van der Waals surface area contributed by atoms with E-state index in [1.807, 2.05) is 6.20 Å². The van der Waals surface area contributed by atoms with Crippen molar-refractivity contribution in [3.63, 3.8) is 0 Å². The highest BCUT2D eigenvalue weighted by Gasteiger charge is 2.31. The predicted octanol–water partition coefficient (Wildman–Crippen LogP) is 4.30. The summed E-state index contributed by atoms with van der Waals surface area (Å²) in [5.41, 5.74) is 2.76. The molecule has 3 atom stereocenters. The Morgan fingerprint density at radius 2 is 2.10 bits per heavy atom. The van der Waals surface area contributed by atoms with E-state index < -0.39 is 0 Å². The highest BCUT2D eigenvalue weighted by Crippen LogP contribution is 2.41. The van der Waals surface area contributed by atoms with Gasteiger partial charge in [-0.3, -0.25) is 4.98 Å². The number of rotatable bonds is 6. The van der Waals surface area contributed by atoms with Crippen LogP contribution >= 0.6 is 0 Å². The van der Waals surface area contributed by atoms with Crippen LogP contribution in [0.15, 0.2) is 18.5 Å². The van der Waals surface area contributed by atoms with Crippen LogP contribution in [0.5, 0.6) is 0 Å². The summed E-state index contributed by atoms with van der Waals surface area (Å²) in [6, 6.07) is 2.35. The first-order chi connectivity index (χ1) is 9.74. The Morgan fingerprint density at radius 3 is 2.80 bits per heavy atom. The third kappa shape index (κ3) is 4.05. The van der Waals surface area contributed by atoms with Crippen molar-refractivity contribution in [1.29, 1.82) is 0 Å². The first kappa shape index (κ1) is 15.5. The van der Waals surface area contributed by atoms with Crippen molar-refractivity contribution in [1.82, 2.24) is 10.3 Å². The summed E-state index contributed by atoms with van der Waals surface area (Å²) in [6.07, 6.45) is 10.9. The minimum absolute atomic E-state index is 0.701. The SMILES string of the molecule is CCCC1CCC(CNCC)C(c2cncc(C)c2)C1. The average molecular weight is 274 g/mol. The van der Waals surface area contributed by atoms with Gasteiger partial charge in [0.15, 0.2) is 0 Å². The molecule has 2 nitrogen and oxygen atoms in total. The summed E-state index contributed by atoms with van der Waals surface area (Å²) in [5.74, 6) is 2.40. The first-order valence-electron chi connectivity index (χ1n) is 8.36. The Morgan fingerprint density at radius 1 is 1.25 bits per heavy atom. The largest absolute Gasteiger partial charge is 0.317 e. The van der Waals surface area contributed by atoms with E-state index in [1.54, 1.807) is 0 Å². The molecule has 0 saturated heterocycles. The van der Waals surface area contributed by atoms with E-state index in [2.05, 4.69) is 43.3 Å². The van der Waals surface area contributed by atoms with Crippen LogP contribution < -0.4 is 5.32 Å². The number of aryl methyl sites for hydroxylation is 1. The lowest BCUT2D eigenvalue weighted by molar-refractivity contribution is 0.221. The molecule has 0 radical (unpaired) electrons. The van der Waals surface area contributed by atoms with Crippen LogP contribution in [0.3, 0.4) is 0 Å². The molecular formula is C18H30N2. The standard InChI is InChI=1S/C18H30N2/c1-4-6-15-7-8-16(12-19-5-2)18(10-15)17-9-14(3)11-20-13-17/h9,11,13,15-16,18-19H,4-8,10,12H2,1-3H3. The van der Waals surface area contributed by atoms with E-state index in [0.29, 0.717) is 5.92 Å². The highest BCUT2D eigenvalue weighted by atomic mass is 14.8. The third-order valence-corrected chi connectivity index (χ3v) is 4.78. The highest BCUT2D eigenvalue weighted by molar-refractivity contribution is 5.22. The Labute approximate surface area is 124 Å². The molecule has 0 aromatic carbocycles. The van der Waals surface area contributed by atoms with Crippen LogP contribution in [0.2, 0.25) is 0 Å². The van der Waals surface area contributed by atoms with Gasteiger partial charge in [0.2, 0.25) is 0 Å². The Kier molecular flexibility index (Phi) is 6.03. The van der Waals surface area contributed by atoms with Gasteiger partial charge in [-0.2, -0.15) is 0 Å². The van der Waals surface area contributed by atoms with E-state index >= 15 is 0 Å². The molecule has 1 aromatic heterocycles. The van der Waals surface area contributed by atoms with Gasteiger partial charge in [0.1, 0.15) is 0 Å². The molecule has 3 unspecified atom stereocenters. The number of hydrogen-bond acceptors (Lipinski definition) is 2. The van der Waals surface area contributed by atoms with Crippen LogP contribution in [0.25, 0.3) is 0 Å². The molecule has 1 N–H and O–H groups in total. The zero-order valence-corrected chi connectivity index (χ0v) is 13.4. The van der Waals surface area contributed by atoms with Crippen molar-refractivity contribution >= 4 is 0 Å². The van der Waals surface area contributed by atoms with Crippen molar-refractivity contribution in [2.75, 3.05) is 13.1 Å². The maximum atomic E-state index is 4.42. The van der Waals surface area contributed by atoms with Crippen LogP contribution in [0.4, 0.5) is 0 Å². The molecule has 1 aromatic rings. The minimum Gasteiger partial charge on any atom is -0.317 e. The fourth-order valence-electron chi connectivity index (χ4n) is 3.75. The van der Waals surface area contributed by atoms with Crippen LogP contribution in [-0.2, 0) is 0 Å². The molecule has 1 aliphatic carbocycles. The number of nitrogens with zero attached hydrogens (tertiary/aromatic N) is 1. The number of nitrogens with one attached hydrogen (secondary N) is 1.